The van der Waals surface area contributed by atoms with Crippen molar-refractivity contribution in [2.75, 3.05) is 28.4 Å². The van der Waals surface area contributed by atoms with E-state index in [9.17, 15) is 10.1 Å². The lowest BCUT2D eigenvalue weighted by atomic mass is 10.1. The van der Waals surface area contributed by atoms with Crippen LogP contribution in [0.25, 0.3) is 0 Å². The molecule has 3 aromatic carbocycles. The fraction of sp³-hybridized carbons (Fsp3) is 0.250. The van der Waals surface area contributed by atoms with Crippen molar-refractivity contribution in [1.29, 1.82) is 0 Å². The number of nitro groups is 1. The molecule has 0 spiro atoms. The van der Waals surface area contributed by atoms with Crippen molar-refractivity contribution in [2.45, 2.75) is 13.2 Å². The van der Waals surface area contributed by atoms with Crippen molar-refractivity contribution < 1.29 is 33.3 Å². The molecular weight excluding hydrogens is 510 g/mol. The number of hydrogen-bond donors (Lipinski definition) is 0. The highest BCUT2D eigenvalue weighted by atomic mass is 79.9. The highest BCUT2D eigenvalue weighted by Gasteiger charge is 2.17. The minimum atomic E-state index is -0.464. The zero-order valence-corrected chi connectivity index (χ0v) is 20.7. The fourth-order valence-corrected chi connectivity index (χ4v) is 3.67. The first-order chi connectivity index (χ1) is 16.4. The number of benzene rings is 3. The summed E-state index contributed by atoms with van der Waals surface area (Å²) in [5.74, 6) is 3.25. The van der Waals surface area contributed by atoms with Gasteiger partial charge in [-0.1, -0.05) is 15.9 Å². The van der Waals surface area contributed by atoms with E-state index in [4.69, 9.17) is 28.4 Å². The van der Waals surface area contributed by atoms with E-state index in [-0.39, 0.29) is 18.9 Å². The molecule has 0 aliphatic heterocycles. The van der Waals surface area contributed by atoms with E-state index < -0.39 is 4.92 Å². The first-order valence-electron chi connectivity index (χ1n) is 10.1. The lowest BCUT2D eigenvalue weighted by Crippen LogP contribution is -2.05. The van der Waals surface area contributed by atoms with Crippen LogP contribution in [0.2, 0.25) is 0 Å². The molecule has 0 heterocycles. The maximum Gasteiger partial charge on any atom is 0.269 e. The van der Waals surface area contributed by atoms with Gasteiger partial charge in [0.1, 0.15) is 47.7 Å². The van der Waals surface area contributed by atoms with E-state index in [1.807, 2.05) is 12.1 Å². The van der Waals surface area contributed by atoms with Crippen molar-refractivity contribution in [3.63, 3.8) is 0 Å². The number of ether oxygens (including phenoxy) is 6. The molecule has 0 bridgehead atoms. The molecule has 0 N–H and O–H groups in total. The number of nitro benzene ring substituents is 1. The third kappa shape index (κ3) is 5.82. The molecule has 180 valence electrons. The van der Waals surface area contributed by atoms with Crippen LogP contribution in [0.5, 0.6) is 34.5 Å². The van der Waals surface area contributed by atoms with Gasteiger partial charge in [-0.05, 0) is 24.3 Å². The molecule has 0 aliphatic carbocycles. The van der Waals surface area contributed by atoms with Gasteiger partial charge in [0, 0.05) is 28.7 Å². The van der Waals surface area contributed by atoms with Crippen molar-refractivity contribution in [3.8, 4) is 34.5 Å². The van der Waals surface area contributed by atoms with Gasteiger partial charge in [-0.2, -0.15) is 0 Å². The van der Waals surface area contributed by atoms with E-state index in [0.29, 0.717) is 40.1 Å². The molecule has 3 aromatic rings. The van der Waals surface area contributed by atoms with Crippen LogP contribution in [0, 0.1) is 10.1 Å². The molecule has 0 aromatic heterocycles. The second-order valence-corrected chi connectivity index (χ2v) is 7.84. The van der Waals surface area contributed by atoms with E-state index in [2.05, 4.69) is 15.9 Å². The van der Waals surface area contributed by atoms with E-state index in [1.54, 1.807) is 26.4 Å². The molecule has 34 heavy (non-hydrogen) atoms. The lowest BCUT2D eigenvalue weighted by Gasteiger charge is -2.18. The fourth-order valence-electron chi connectivity index (χ4n) is 3.25. The average Bonchev–Trinajstić information content (AvgIpc) is 2.85. The summed E-state index contributed by atoms with van der Waals surface area (Å²) in [7, 11) is 6.23. The summed E-state index contributed by atoms with van der Waals surface area (Å²) >= 11 is 3.44. The highest BCUT2D eigenvalue weighted by molar-refractivity contribution is 9.10. The molecule has 0 saturated heterocycles. The quantitative estimate of drug-likeness (QED) is 0.233. The van der Waals surface area contributed by atoms with Crippen LogP contribution in [0.4, 0.5) is 5.69 Å². The molecule has 0 saturated carbocycles. The first kappa shape index (κ1) is 25.0. The number of hydrogen-bond acceptors (Lipinski definition) is 8. The van der Waals surface area contributed by atoms with Gasteiger partial charge in [0.05, 0.1) is 44.5 Å². The summed E-state index contributed by atoms with van der Waals surface area (Å²) < 4.78 is 34.6. The molecular formula is C24H24BrNO8. The van der Waals surface area contributed by atoms with Crippen molar-refractivity contribution in [1.82, 2.24) is 0 Å². The number of nitrogens with zero attached hydrogens (tertiary/aromatic N) is 1. The van der Waals surface area contributed by atoms with Crippen LogP contribution in [-0.4, -0.2) is 33.4 Å². The molecule has 0 atom stereocenters. The zero-order chi connectivity index (χ0) is 24.7. The van der Waals surface area contributed by atoms with Crippen LogP contribution < -0.4 is 28.4 Å². The van der Waals surface area contributed by atoms with Crippen molar-refractivity contribution in [3.05, 3.63) is 74.2 Å². The second kappa shape index (κ2) is 11.5. The Balaban J connectivity index is 1.80. The number of rotatable bonds is 11. The van der Waals surface area contributed by atoms with E-state index >= 15 is 0 Å². The van der Waals surface area contributed by atoms with Crippen LogP contribution >= 0.6 is 15.9 Å². The first-order valence-corrected chi connectivity index (χ1v) is 10.8. The van der Waals surface area contributed by atoms with Crippen molar-refractivity contribution in [2.24, 2.45) is 0 Å². The Kier molecular flexibility index (Phi) is 8.42. The summed E-state index contributed by atoms with van der Waals surface area (Å²) in [5, 5.41) is 10.8. The van der Waals surface area contributed by atoms with Crippen LogP contribution in [0.1, 0.15) is 11.1 Å². The predicted molar refractivity (Wildman–Crippen MR) is 129 cm³/mol. The van der Waals surface area contributed by atoms with Gasteiger partial charge in [0.15, 0.2) is 0 Å². The van der Waals surface area contributed by atoms with E-state index in [1.165, 1.54) is 38.5 Å². The summed E-state index contributed by atoms with van der Waals surface area (Å²) in [4.78, 5) is 10.4. The summed E-state index contributed by atoms with van der Waals surface area (Å²) in [5.41, 5.74) is 1.40. The average molecular weight is 534 g/mol. The molecule has 3 rings (SSSR count). The summed E-state index contributed by atoms with van der Waals surface area (Å²) in [6.45, 7) is 0.309. The van der Waals surface area contributed by atoms with Gasteiger partial charge in [0.25, 0.3) is 5.69 Å². The van der Waals surface area contributed by atoms with Crippen LogP contribution in [0.3, 0.4) is 0 Å². The Labute approximate surface area is 205 Å². The van der Waals surface area contributed by atoms with Gasteiger partial charge in [-0.25, -0.2) is 0 Å². The molecule has 0 fully saturated rings. The normalized spacial score (nSPS) is 10.4. The summed E-state index contributed by atoms with van der Waals surface area (Å²) in [6.07, 6.45) is 0. The standard InChI is InChI=1S/C24H24BrNO8/c1-29-21-9-15(25)10-22(30-2)19(21)14-34-18-11-23(31-3)20(24(12-18)32-4)13-33-17-7-5-16(6-8-17)26(27)28/h5-12H,13-14H2,1-4H3. The minimum absolute atomic E-state index is 0.0111. The Morgan fingerprint density at radius 3 is 1.53 bits per heavy atom. The predicted octanol–water partition coefficient (Wildman–Crippen LogP) is 5.55. The highest BCUT2D eigenvalue weighted by Crippen LogP contribution is 2.37. The maximum absolute atomic E-state index is 10.8. The molecule has 0 radical (unpaired) electrons. The SMILES string of the molecule is COc1cc(Br)cc(OC)c1COc1cc(OC)c(COc2ccc([N+](=O)[O-])cc2)c(OC)c1. The van der Waals surface area contributed by atoms with Crippen LogP contribution in [-0.2, 0) is 13.2 Å². The third-order valence-electron chi connectivity index (χ3n) is 4.97. The maximum atomic E-state index is 10.8. The van der Waals surface area contributed by atoms with Gasteiger partial charge in [0.2, 0.25) is 0 Å². The number of non-ortho nitro benzene ring substituents is 1. The number of methoxy groups -OCH3 is 4. The lowest BCUT2D eigenvalue weighted by molar-refractivity contribution is -0.384. The van der Waals surface area contributed by atoms with Crippen molar-refractivity contribution >= 4 is 21.6 Å². The smallest absolute Gasteiger partial charge is 0.269 e. The van der Waals surface area contributed by atoms with Gasteiger partial charge in [-0.3, -0.25) is 10.1 Å². The molecule has 0 unspecified atom stereocenters. The largest absolute Gasteiger partial charge is 0.496 e. The molecule has 9 nitrogen and oxygen atoms in total. The molecule has 0 aliphatic rings. The van der Waals surface area contributed by atoms with Gasteiger partial charge < -0.3 is 28.4 Å². The van der Waals surface area contributed by atoms with E-state index in [0.717, 1.165) is 10.0 Å². The topological polar surface area (TPSA) is 98.5 Å². The van der Waals surface area contributed by atoms with Gasteiger partial charge >= 0.3 is 0 Å². The zero-order valence-electron chi connectivity index (χ0n) is 19.1. The summed E-state index contributed by atoms with van der Waals surface area (Å²) in [6, 6.07) is 13.0. The van der Waals surface area contributed by atoms with Crippen LogP contribution in [0.15, 0.2) is 53.0 Å². The Morgan fingerprint density at radius 2 is 1.12 bits per heavy atom. The number of halogens is 1. The molecule has 0 amide bonds. The molecule has 10 heteroatoms. The van der Waals surface area contributed by atoms with Gasteiger partial charge in [-0.15, -0.1) is 0 Å². The Morgan fingerprint density at radius 1 is 0.706 bits per heavy atom. The minimum Gasteiger partial charge on any atom is -0.496 e. The Hall–Kier alpha value is -3.66. The Bertz CT molecular complexity index is 1100. The monoisotopic (exact) mass is 533 g/mol. The third-order valence-corrected chi connectivity index (χ3v) is 5.43. The second-order valence-electron chi connectivity index (χ2n) is 6.92.